The van der Waals surface area contributed by atoms with Crippen molar-refractivity contribution in [3.05, 3.63) is 29.3 Å². The van der Waals surface area contributed by atoms with Crippen LogP contribution in [0.2, 0.25) is 0 Å². The Morgan fingerprint density at radius 1 is 1.22 bits per heavy atom. The lowest BCUT2D eigenvalue weighted by Gasteiger charge is -2.37. The second-order valence-electron chi connectivity index (χ2n) is 6.45. The van der Waals surface area contributed by atoms with E-state index < -0.39 is 0 Å². The zero-order valence-electron chi connectivity index (χ0n) is 13.5. The van der Waals surface area contributed by atoms with Crippen LogP contribution >= 0.6 is 0 Å². The first-order chi connectivity index (χ1) is 11.2. The van der Waals surface area contributed by atoms with Gasteiger partial charge in [0.15, 0.2) is 0 Å². The fourth-order valence-electron chi connectivity index (χ4n) is 4.07. The molecule has 2 bridgehead atoms. The third-order valence-electron chi connectivity index (χ3n) is 5.14. The van der Waals surface area contributed by atoms with Gasteiger partial charge in [-0.05, 0) is 49.9 Å². The van der Waals surface area contributed by atoms with Crippen molar-refractivity contribution in [2.24, 2.45) is 11.8 Å². The Bertz CT molecular complexity index is 631. The molecule has 5 heteroatoms. The minimum absolute atomic E-state index is 0.429. The molecule has 2 aliphatic rings. The van der Waals surface area contributed by atoms with Gasteiger partial charge in [-0.1, -0.05) is 0 Å². The number of benzene rings is 1. The van der Waals surface area contributed by atoms with Crippen LogP contribution in [0.1, 0.15) is 24.0 Å². The summed E-state index contributed by atoms with van der Waals surface area (Å²) in [5.41, 5.74) is 0.914. The fourth-order valence-corrected chi connectivity index (χ4v) is 4.07. The van der Waals surface area contributed by atoms with Gasteiger partial charge in [0.25, 0.3) is 0 Å². The SMILES string of the molecule is CNC1C2CCC1CN(CCOc1ccc(C#N)cc1C#N)C2. The molecule has 0 amide bonds. The molecule has 1 aromatic carbocycles. The number of nitriles is 2. The smallest absolute Gasteiger partial charge is 0.137 e. The van der Waals surface area contributed by atoms with Gasteiger partial charge in [0, 0.05) is 25.7 Å². The molecule has 0 aromatic heterocycles. The summed E-state index contributed by atoms with van der Waals surface area (Å²) in [6, 6.07) is 9.80. The Kier molecular flexibility index (Phi) is 4.81. The molecule has 2 fully saturated rings. The van der Waals surface area contributed by atoms with Crippen LogP contribution in [0.15, 0.2) is 18.2 Å². The lowest BCUT2D eigenvalue weighted by atomic mass is 9.92. The van der Waals surface area contributed by atoms with Crippen LogP contribution in [0.3, 0.4) is 0 Å². The van der Waals surface area contributed by atoms with Crippen LogP contribution < -0.4 is 10.1 Å². The van der Waals surface area contributed by atoms with Crippen molar-refractivity contribution < 1.29 is 4.74 Å². The van der Waals surface area contributed by atoms with Crippen LogP contribution in [0.5, 0.6) is 5.75 Å². The summed E-state index contributed by atoms with van der Waals surface area (Å²) in [7, 11) is 2.07. The Balaban J connectivity index is 1.53. The molecule has 1 N–H and O–H groups in total. The van der Waals surface area contributed by atoms with Crippen molar-refractivity contribution in [1.29, 1.82) is 10.5 Å². The van der Waals surface area contributed by atoms with E-state index in [1.54, 1.807) is 18.2 Å². The number of fused-ring (bicyclic) bond motifs is 2. The lowest BCUT2D eigenvalue weighted by molar-refractivity contribution is 0.115. The molecule has 3 rings (SSSR count). The normalized spacial score (nSPS) is 26.5. The molecule has 1 aliphatic heterocycles. The first-order valence-corrected chi connectivity index (χ1v) is 8.22. The minimum Gasteiger partial charge on any atom is -0.491 e. The predicted molar refractivity (Wildman–Crippen MR) is 86.9 cm³/mol. The Hall–Kier alpha value is -2.08. The van der Waals surface area contributed by atoms with Gasteiger partial charge in [0.1, 0.15) is 18.4 Å². The number of nitrogens with one attached hydrogen (secondary N) is 1. The highest BCUT2D eigenvalue weighted by molar-refractivity contribution is 5.48. The largest absolute Gasteiger partial charge is 0.491 e. The molecule has 5 nitrogen and oxygen atoms in total. The number of likely N-dealkylation sites (tertiary alicyclic amines) is 1. The van der Waals surface area contributed by atoms with Crippen LogP contribution in [-0.2, 0) is 0 Å². The maximum absolute atomic E-state index is 9.16. The maximum atomic E-state index is 9.16. The Morgan fingerprint density at radius 2 is 1.96 bits per heavy atom. The average molecular weight is 310 g/mol. The molecular formula is C18H22N4O. The highest BCUT2D eigenvalue weighted by Crippen LogP contribution is 2.36. The number of hydrogen-bond acceptors (Lipinski definition) is 5. The molecule has 1 saturated carbocycles. The molecule has 23 heavy (non-hydrogen) atoms. The van der Waals surface area contributed by atoms with Crippen LogP contribution in [-0.4, -0.2) is 44.2 Å². The van der Waals surface area contributed by atoms with Gasteiger partial charge in [-0.2, -0.15) is 10.5 Å². The summed E-state index contributed by atoms with van der Waals surface area (Å²) in [5, 5.41) is 21.5. The van der Waals surface area contributed by atoms with Gasteiger partial charge in [-0.15, -0.1) is 0 Å². The first kappa shape index (κ1) is 15.8. The standard InChI is InChI=1S/C18H22N4O/c1-21-18-14-3-4-15(18)12-22(11-14)6-7-23-17-5-2-13(9-19)8-16(17)10-20/h2,5,8,14-15,18,21H,3-4,6-7,11-12H2,1H3. The van der Waals surface area contributed by atoms with E-state index in [4.69, 9.17) is 15.3 Å². The molecule has 1 heterocycles. The zero-order chi connectivity index (χ0) is 16.2. The van der Waals surface area contributed by atoms with Crippen LogP contribution in [0, 0.1) is 34.5 Å². The molecular weight excluding hydrogens is 288 g/mol. The molecule has 1 aromatic rings. The van der Waals surface area contributed by atoms with Crippen LogP contribution in [0.25, 0.3) is 0 Å². The quantitative estimate of drug-likeness (QED) is 0.897. The van der Waals surface area contributed by atoms with E-state index in [0.29, 0.717) is 29.5 Å². The minimum atomic E-state index is 0.429. The van der Waals surface area contributed by atoms with Gasteiger partial charge in [-0.3, -0.25) is 4.90 Å². The summed E-state index contributed by atoms with van der Waals surface area (Å²) in [6.45, 7) is 3.71. The molecule has 120 valence electrons. The molecule has 2 atom stereocenters. The van der Waals surface area contributed by atoms with Crippen molar-refractivity contribution in [3.8, 4) is 17.9 Å². The molecule has 1 saturated heterocycles. The summed E-state index contributed by atoms with van der Waals surface area (Å²) >= 11 is 0. The monoisotopic (exact) mass is 310 g/mol. The zero-order valence-corrected chi connectivity index (χ0v) is 13.5. The average Bonchev–Trinajstić information content (AvgIpc) is 2.84. The van der Waals surface area contributed by atoms with Gasteiger partial charge in [0.2, 0.25) is 0 Å². The van der Waals surface area contributed by atoms with E-state index in [1.807, 2.05) is 6.07 Å². The van der Waals surface area contributed by atoms with E-state index in [2.05, 4.69) is 23.3 Å². The highest BCUT2D eigenvalue weighted by atomic mass is 16.5. The lowest BCUT2D eigenvalue weighted by Crippen LogP contribution is -2.50. The predicted octanol–water partition coefficient (Wildman–Crippen LogP) is 1.74. The molecule has 1 aliphatic carbocycles. The summed E-state index contributed by atoms with van der Waals surface area (Å²) in [6.07, 6.45) is 2.64. The first-order valence-electron chi connectivity index (χ1n) is 8.22. The maximum Gasteiger partial charge on any atom is 0.137 e. The van der Waals surface area contributed by atoms with E-state index in [0.717, 1.165) is 31.5 Å². The van der Waals surface area contributed by atoms with Gasteiger partial charge < -0.3 is 10.1 Å². The number of nitrogens with zero attached hydrogens (tertiary/aromatic N) is 3. The second-order valence-corrected chi connectivity index (χ2v) is 6.45. The Labute approximate surface area is 137 Å². The third kappa shape index (κ3) is 3.32. The van der Waals surface area contributed by atoms with Crippen molar-refractivity contribution in [1.82, 2.24) is 10.2 Å². The third-order valence-corrected chi connectivity index (χ3v) is 5.14. The summed E-state index contributed by atoms with van der Waals surface area (Å²) in [5.74, 6) is 2.08. The summed E-state index contributed by atoms with van der Waals surface area (Å²) in [4.78, 5) is 2.48. The topological polar surface area (TPSA) is 72.1 Å². The van der Waals surface area contributed by atoms with Crippen molar-refractivity contribution in [3.63, 3.8) is 0 Å². The Morgan fingerprint density at radius 3 is 2.57 bits per heavy atom. The molecule has 0 radical (unpaired) electrons. The van der Waals surface area contributed by atoms with E-state index >= 15 is 0 Å². The summed E-state index contributed by atoms with van der Waals surface area (Å²) < 4.78 is 5.79. The fraction of sp³-hybridized carbons (Fsp3) is 0.556. The van der Waals surface area contributed by atoms with Gasteiger partial charge in [-0.25, -0.2) is 0 Å². The number of ether oxygens (including phenoxy) is 1. The molecule has 2 unspecified atom stereocenters. The van der Waals surface area contributed by atoms with Crippen molar-refractivity contribution in [2.45, 2.75) is 18.9 Å². The van der Waals surface area contributed by atoms with Crippen LogP contribution in [0.4, 0.5) is 0 Å². The van der Waals surface area contributed by atoms with Gasteiger partial charge in [0.05, 0.1) is 17.2 Å². The van der Waals surface area contributed by atoms with Crippen molar-refractivity contribution in [2.75, 3.05) is 33.3 Å². The van der Waals surface area contributed by atoms with Gasteiger partial charge >= 0.3 is 0 Å². The second kappa shape index (κ2) is 7.00. The van der Waals surface area contributed by atoms with E-state index in [9.17, 15) is 0 Å². The molecule has 0 spiro atoms. The number of hydrogen-bond donors (Lipinski definition) is 1. The van der Waals surface area contributed by atoms with Crippen molar-refractivity contribution >= 4 is 0 Å². The van der Waals surface area contributed by atoms with E-state index in [1.165, 1.54) is 12.8 Å². The number of rotatable bonds is 5. The number of piperidine rings is 1. The highest BCUT2D eigenvalue weighted by Gasteiger charge is 2.40. The van der Waals surface area contributed by atoms with E-state index in [-0.39, 0.29) is 0 Å².